The van der Waals surface area contributed by atoms with Crippen molar-refractivity contribution >= 4 is 52.2 Å². The summed E-state index contributed by atoms with van der Waals surface area (Å²) in [5.74, 6) is -3.17. The fourth-order valence-electron chi connectivity index (χ4n) is 2.95. The molecule has 3 rings (SSSR count). The van der Waals surface area contributed by atoms with Crippen molar-refractivity contribution in [2.24, 2.45) is 5.92 Å². The van der Waals surface area contributed by atoms with Crippen LogP contribution in [0.15, 0.2) is 40.6 Å². The summed E-state index contributed by atoms with van der Waals surface area (Å²) < 4.78 is 25.5. The molecule has 2 aromatic rings. The van der Waals surface area contributed by atoms with Gasteiger partial charge in [0.25, 0.3) is 11.7 Å². The van der Waals surface area contributed by atoms with Crippen molar-refractivity contribution < 1.29 is 18.4 Å². The minimum atomic E-state index is -2.63. The molecule has 4 nitrogen and oxygen atoms in total. The van der Waals surface area contributed by atoms with Gasteiger partial charge in [-0.25, -0.2) is 0 Å². The quantitative estimate of drug-likeness (QED) is 0.662. The van der Waals surface area contributed by atoms with E-state index in [1.165, 1.54) is 17.4 Å². The number of carbonyl (C=O) groups is 2. The van der Waals surface area contributed by atoms with Gasteiger partial charge in [-0.15, -0.1) is 11.3 Å². The van der Waals surface area contributed by atoms with E-state index in [-0.39, 0.29) is 33.3 Å². The molecule has 0 aliphatic carbocycles. The monoisotopic (exact) mass is 430 g/mol. The standard InChI is InChI=1S/C18H17ClF2N2O2S2/c19-12-3-1-4-13(15(12)27-18(20)21)22-16(24)11-6-8-23(9-7-11)17(25)14-5-2-10-26-14/h1-5,10-11,18H,6-9H2,(H,22,24). The van der Waals surface area contributed by atoms with E-state index in [9.17, 15) is 18.4 Å². The second-order valence-corrected chi connectivity index (χ2v) is 8.38. The molecule has 0 atom stereocenters. The molecule has 1 N–H and O–H groups in total. The van der Waals surface area contributed by atoms with Crippen LogP contribution in [0.5, 0.6) is 0 Å². The van der Waals surface area contributed by atoms with Crippen LogP contribution in [0, 0.1) is 5.92 Å². The van der Waals surface area contributed by atoms with Crippen LogP contribution in [0.4, 0.5) is 14.5 Å². The van der Waals surface area contributed by atoms with Crippen LogP contribution in [0.2, 0.25) is 5.02 Å². The predicted octanol–water partition coefficient (Wildman–Crippen LogP) is 5.21. The van der Waals surface area contributed by atoms with Crippen LogP contribution >= 0.6 is 34.7 Å². The fraction of sp³-hybridized carbons (Fsp3) is 0.333. The molecule has 1 saturated heterocycles. The summed E-state index contributed by atoms with van der Waals surface area (Å²) in [6.07, 6.45) is 1.06. The molecule has 144 valence electrons. The molecule has 0 saturated carbocycles. The Kier molecular flexibility index (Phi) is 6.73. The molecule has 1 aliphatic heterocycles. The summed E-state index contributed by atoms with van der Waals surface area (Å²) in [5, 5.41) is 4.75. The summed E-state index contributed by atoms with van der Waals surface area (Å²) in [6, 6.07) is 8.29. The minimum absolute atomic E-state index is 0.0191. The first kappa shape index (κ1) is 20.1. The maximum absolute atomic E-state index is 12.8. The number of hydrogen-bond donors (Lipinski definition) is 1. The Morgan fingerprint density at radius 1 is 1.22 bits per heavy atom. The highest BCUT2D eigenvalue weighted by molar-refractivity contribution is 7.99. The number of carbonyl (C=O) groups excluding carboxylic acids is 2. The number of anilines is 1. The molecule has 1 aromatic heterocycles. The Balaban J connectivity index is 1.60. The number of benzene rings is 1. The maximum Gasteiger partial charge on any atom is 0.289 e. The molecule has 0 bridgehead atoms. The van der Waals surface area contributed by atoms with Crippen LogP contribution in [0.1, 0.15) is 22.5 Å². The first-order valence-electron chi connectivity index (χ1n) is 8.32. The Labute approximate surface area is 168 Å². The van der Waals surface area contributed by atoms with Gasteiger partial charge >= 0.3 is 0 Å². The smallest absolute Gasteiger partial charge is 0.289 e. The number of nitrogens with one attached hydrogen (secondary N) is 1. The molecule has 2 heterocycles. The summed E-state index contributed by atoms with van der Waals surface area (Å²) in [4.78, 5) is 27.5. The number of thiophene rings is 1. The second-order valence-electron chi connectivity index (χ2n) is 6.03. The molecule has 9 heteroatoms. The number of amides is 2. The van der Waals surface area contributed by atoms with Crippen molar-refractivity contribution in [2.45, 2.75) is 23.5 Å². The van der Waals surface area contributed by atoms with Gasteiger partial charge in [0.15, 0.2) is 0 Å². The highest BCUT2D eigenvalue weighted by Gasteiger charge is 2.28. The van der Waals surface area contributed by atoms with E-state index in [0.717, 1.165) is 0 Å². The lowest BCUT2D eigenvalue weighted by Crippen LogP contribution is -2.41. The minimum Gasteiger partial charge on any atom is -0.338 e. The van der Waals surface area contributed by atoms with Crippen molar-refractivity contribution in [1.29, 1.82) is 0 Å². The van der Waals surface area contributed by atoms with Crippen LogP contribution in [0.3, 0.4) is 0 Å². The summed E-state index contributed by atoms with van der Waals surface area (Å²) >= 11 is 7.70. The van der Waals surface area contributed by atoms with Gasteiger partial charge in [-0.05, 0) is 36.4 Å². The van der Waals surface area contributed by atoms with Gasteiger partial charge in [0.1, 0.15) is 0 Å². The molecule has 2 amide bonds. The molecule has 0 radical (unpaired) electrons. The number of thioether (sulfide) groups is 1. The lowest BCUT2D eigenvalue weighted by Gasteiger charge is -2.31. The number of halogens is 3. The van der Waals surface area contributed by atoms with Crippen molar-refractivity contribution in [3.8, 4) is 0 Å². The zero-order chi connectivity index (χ0) is 19.4. The number of nitrogens with zero attached hydrogens (tertiary/aromatic N) is 1. The van der Waals surface area contributed by atoms with E-state index in [4.69, 9.17) is 11.6 Å². The van der Waals surface area contributed by atoms with Gasteiger partial charge in [0, 0.05) is 19.0 Å². The molecule has 1 fully saturated rings. The largest absolute Gasteiger partial charge is 0.338 e. The maximum atomic E-state index is 12.8. The lowest BCUT2D eigenvalue weighted by atomic mass is 9.95. The first-order chi connectivity index (χ1) is 13.0. The van der Waals surface area contributed by atoms with Crippen molar-refractivity contribution in [2.75, 3.05) is 18.4 Å². The zero-order valence-corrected chi connectivity index (χ0v) is 16.6. The third-order valence-corrected chi connectivity index (χ3v) is 6.46. The van der Waals surface area contributed by atoms with E-state index in [2.05, 4.69) is 5.32 Å². The molecule has 1 aromatic carbocycles. The average Bonchev–Trinajstić information content (AvgIpc) is 3.18. The van der Waals surface area contributed by atoms with E-state index < -0.39 is 5.76 Å². The van der Waals surface area contributed by atoms with Crippen LogP contribution in [-0.2, 0) is 4.79 Å². The fourth-order valence-corrected chi connectivity index (χ4v) is 4.56. The summed E-state index contributed by atoms with van der Waals surface area (Å²) in [5.41, 5.74) is 0.287. The number of piperidine rings is 1. The molecule has 0 unspecified atom stereocenters. The van der Waals surface area contributed by atoms with Gasteiger partial charge in [-0.2, -0.15) is 8.78 Å². The Bertz CT molecular complexity index is 810. The Hall–Kier alpha value is -1.64. The van der Waals surface area contributed by atoms with E-state index in [0.29, 0.717) is 42.6 Å². The zero-order valence-electron chi connectivity index (χ0n) is 14.2. The number of hydrogen-bond acceptors (Lipinski definition) is 4. The normalized spacial score (nSPS) is 15.2. The van der Waals surface area contributed by atoms with Crippen molar-refractivity contribution in [3.05, 3.63) is 45.6 Å². The molecular formula is C18H17ClF2N2O2S2. The van der Waals surface area contributed by atoms with Crippen LogP contribution in [-0.4, -0.2) is 35.6 Å². The topological polar surface area (TPSA) is 49.4 Å². The third kappa shape index (κ3) is 5.00. The lowest BCUT2D eigenvalue weighted by molar-refractivity contribution is -0.121. The van der Waals surface area contributed by atoms with Crippen LogP contribution < -0.4 is 5.32 Å². The van der Waals surface area contributed by atoms with Gasteiger partial charge in [0.2, 0.25) is 5.91 Å². The molecule has 27 heavy (non-hydrogen) atoms. The Morgan fingerprint density at radius 2 is 1.96 bits per heavy atom. The highest BCUT2D eigenvalue weighted by Crippen LogP contribution is 2.38. The second kappa shape index (κ2) is 9.03. The van der Waals surface area contributed by atoms with Gasteiger partial charge in [-0.3, -0.25) is 9.59 Å². The van der Waals surface area contributed by atoms with E-state index >= 15 is 0 Å². The molecular weight excluding hydrogens is 414 g/mol. The number of alkyl halides is 2. The highest BCUT2D eigenvalue weighted by atomic mass is 35.5. The average molecular weight is 431 g/mol. The van der Waals surface area contributed by atoms with E-state index in [1.54, 1.807) is 23.1 Å². The third-order valence-electron chi connectivity index (χ3n) is 4.32. The first-order valence-corrected chi connectivity index (χ1v) is 10.5. The van der Waals surface area contributed by atoms with Crippen molar-refractivity contribution in [3.63, 3.8) is 0 Å². The van der Waals surface area contributed by atoms with Gasteiger partial charge < -0.3 is 10.2 Å². The van der Waals surface area contributed by atoms with E-state index in [1.807, 2.05) is 11.4 Å². The SMILES string of the molecule is O=C(Nc1cccc(Cl)c1SC(F)F)C1CCN(C(=O)c2cccs2)CC1. The molecule has 1 aliphatic rings. The molecule has 0 spiro atoms. The van der Waals surface area contributed by atoms with Gasteiger partial charge in [0.05, 0.1) is 20.5 Å². The summed E-state index contributed by atoms with van der Waals surface area (Å²) in [6.45, 7) is 0.978. The number of rotatable bonds is 5. The number of likely N-dealkylation sites (tertiary alicyclic amines) is 1. The van der Waals surface area contributed by atoms with Crippen LogP contribution in [0.25, 0.3) is 0 Å². The summed E-state index contributed by atoms with van der Waals surface area (Å²) in [7, 11) is 0. The Morgan fingerprint density at radius 3 is 2.59 bits per heavy atom. The van der Waals surface area contributed by atoms with Crippen molar-refractivity contribution in [1.82, 2.24) is 4.90 Å². The van der Waals surface area contributed by atoms with Gasteiger partial charge in [-0.1, -0.05) is 35.5 Å². The predicted molar refractivity (Wildman–Crippen MR) is 105 cm³/mol.